The average Bonchev–Trinajstić information content (AvgIpc) is 2.68. The molecule has 1 heteroatoms. The fourth-order valence-electron chi connectivity index (χ4n) is 2.41. The summed E-state index contributed by atoms with van der Waals surface area (Å²) in [6, 6.07) is 11.7. The molecule has 2 atom stereocenters. The van der Waals surface area contributed by atoms with E-state index in [1.165, 1.54) is 25.1 Å². The van der Waals surface area contributed by atoms with Gasteiger partial charge in [0, 0.05) is 12.3 Å². The molecule has 0 spiro atoms. The summed E-state index contributed by atoms with van der Waals surface area (Å²) in [5.74, 6) is 0.800. The molecule has 1 heterocycles. The van der Waals surface area contributed by atoms with Gasteiger partial charge in [-0.1, -0.05) is 30.3 Å². The van der Waals surface area contributed by atoms with E-state index in [1.54, 1.807) is 4.90 Å². The summed E-state index contributed by atoms with van der Waals surface area (Å²) in [6.45, 7) is 7.31. The van der Waals surface area contributed by atoms with Gasteiger partial charge >= 0.3 is 0 Å². The van der Waals surface area contributed by atoms with Crippen molar-refractivity contribution >= 4 is 0 Å². The number of rotatable bonds is 2. The molecule has 0 aliphatic carbocycles. The van der Waals surface area contributed by atoms with Crippen LogP contribution >= 0.6 is 0 Å². The molecule has 1 nitrogen and oxygen atoms in total. The molecule has 0 bridgehead atoms. The summed E-state index contributed by atoms with van der Waals surface area (Å²) in [5, 5.41) is 0. The van der Waals surface area contributed by atoms with E-state index < -0.39 is 0 Å². The highest BCUT2D eigenvalue weighted by molar-refractivity contribution is 5.19. The standard InChI is InChI=1S/C13H19N/c1-11(2)14-9-8-13(10-14)12-6-4-3-5-7-12/h3-7,11,13H,8-10H2,1-2H3/p+1/t13-/m0/s1. The van der Waals surface area contributed by atoms with Crippen molar-refractivity contribution in [2.45, 2.75) is 32.2 Å². The summed E-state index contributed by atoms with van der Waals surface area (Å²) in [6.07, 6.45) is 1.36. The topological polar surface area (TPSA) is 4.44 Å². The number of hydrogen-bond acceptors (Lipinski definition) is 0. The van der Waals surface area contributed by atoms with Gasteiger partial charge in [-0.3, -0.25) is 0 Å². The highest BCUT2D eigenvalue weighted by Crippen LogP contribution is 2.19. The maximum Gasteiger partial charge on any atom is 0.0844 e. The molecular weight excluding hydrogens is 170 g/mol. The third kappa shape index (κ3) is 1.98. The van der Waals surface area contributed by atoms with Crippen molar-refractivity contribution in [1.29, 1.82) is 0 Å². The molecule has 0 radical (unpaired) electrons. The van der Waals surface area contributed by atoms with E-state index in [4.69, 9.17) is 0 Å². The first-order valence-electron chi connectivity index (χ1n) is 5.67. The zero-order chi connectivity index (χ0) is 9.97. The van der Waals surface area contributed by atoms with E-state index >= 15 is 0 Å². The molecule has 0 amide bonds. The van der Waals surface area contributed by atoms with Crippen molar-refractivity contribution in [3.63, 3.8) is 0 Å². The third-order valence-electron chi connectivity index (χ3n) is 3.41. The number of quaternary nitrogens is 1. The zero-order valence-electron chi connectivity index (χ0n) is 9.16. The number of likely N-dealkylation sites (tertiary alicyclic amines) is 1. The minimum absolute atomic E-state index is 0.781. The minimum Gasteiger partial charge on any atom is -0.332 e. The third-order valence-corrected chi connectivity index (χ3v) is 3.41. The van der Waals surface area contributed by atoms with E-state index in [0.29, 0.717) is 0 Å². The van der Waals surface area contributed by atoms with E-state index in [0.717, 1.165) is 12.0 Å². The van der Waals surface area contributed by atoms with Gasteiger partial charge in [0.1, 0.15) is 0 Å². The maximum atomic E-state index is 2.32. The van der Waals surface area contributed by atoms with Gasteiger partial charge in [-0.15, -0.1) is 0 Å². The Morgan fingerprint density at radius 3 is 2.50 bits per heavy atom. The van der Waals surface area contributed by atoms with Gasteiger partial charge < -0.3 is 4.90 Å². The Morgan fingerprint density at radius 2 is 1.93 bits per heavy atom. The van der Waals surface area contributed by atoms with Crippen LogP contribution in [0.2, 0.25) is 0 Å². The molecule has 1 fully saturated rings. The minimum atomic E-state index is 0.781. The second kappa shape index (κ2) is 4.14. The van der Waals surface area contributed by atoms with Gasteiger partial charge in [-0.05, 0) is 19.4 Å². The van der Waals surface area contributed by atoms with Crippen LogP contribution in [0.1, 0.15) is 31.7 Å². The van der Waals surface area contributed by atoms with E-state index in [2.05, 4.69) is 44.2 Å². The van der Waals surface area contributed by atoms with Crippen LogP contribution < -0.4 is 4.90 Å². The van der Waals surface area contributed by atoms with Gasteiger partial charge in [0.05, 0.1) is 19.1 Å². The summed E-state index contributed by atoms with van der Waals surface area (Å²) in [5.41, 5.74) is 1.53. The predicted octanol–water partition coefficient (Wildman–Crippen LogP) is 1.47. The normalized spacial score (nSPS) is 27.1. The fourth-order valence-corrected chi connectivity index (χ4v) is 2.41. The van der Waals surface area contributed by atoms with E-state index in [1.807, 2.05) is 0 Å². The SMILES string of the molecule is CC(C)[NH+]1CC[C@H](c2ccccc2)C1. The second-order valence-corrected chi connectivity index (χ2v) is 4.66. The van der Waals surface area contributed by atoms with Crippen LogP contribution in [0.25, 0.3) is 0 Å². The molecule has 76 valence electrons. The van der Waals surface area contributed by atoms with Crippen molar-refractivity contribution in [1.82, 2.24) is 0 Å². The predicted molar refractivity (Wildman–Crippen MR) is 59.6 cm³/mol. The molecule has 1 saturated heterocycles. The van der Waals surface area contributed by atoms with Gasteiger partial charge in [0.2, 0.25) is 0 Å². The quantitative estimate of drug-likeness (QED) is 0.720. The van der Waals surface area contributed by atoms with Crippen LogP contribution in [0, 0.1) is 0 Å². The molecule has 1 aliphatic rings. The molecular formula is C13H20N+. The Balaban J connectivity index is 2.03. The van der Waals surface area contributed by atoms with Gasteiger partial charge in [-0.25, -0.2) is 0 Å². The van der Waals surface area contributed by atoms with Crippen LogP contribution in [0.15, 0.2) is 30.3 Å². The zero-order valence-corrected chi connectivity index (χ0v) is 9.16. The Morgan fingerprint density at radius 1 is 1.21 bits per heavy atom. The van der Waals surface area contributed by atoms with Crippen molar-refractivity contribution < 1.29 is 4.90 Å². The summed E-state index contributed by atoms with van der Waals surface area (Å²) >= 11 is 0. The first-order valence-corrected chi connectivity index (χ1v) is 5.67. The number of hydrogen-bond donors (Lipinski definition) is 1. The van der Waals surface area contributed by atoms with Crippen molar-refractivity contribution in [3.8, 4) is 0 Å². The molecule has 1 unspecified atom stereocenters. The highest BCUT2D eigenvalue weighted by atomic mass is 15.2. The number of benzene rings is 1. The van der Waals surface area contributed by atoms with Gasteiger partial charge in [0.15, 0.2) is 0 Å². The van der Waals surface area contributed by atoms with Gasteiger partial charge in [0.25, 0.3) is 0 Å². The summed E-state index contributed by atoms with van der Waals surface area (Å²) < 4.78 is 0. The van der Waals surface area contributed by atoms with Crippen LogP contribution in [0.5, 0.6) is 0 Å². The van der Waals surface area contributed by atoms with Crippen molar-refractivity contribution in [2.75, 3.05) is 13.1 Å². The van der Waals surface area contributed by atoms with Gasteiger partial charge in [-0.2, -0.15) is 0 Å². The van der Waals surface area contributed by atoms with Crippen LogP contribution in [-0.4, -0.2) is 19.1 Å². The van der Waals surface area contributed by atoms with Crippen LogP contribution in [-0.2, 0) is 0 Å². The Labute approximate surface area is 86.7 Å². The molecule has 0 aromatic heterocycles. The molecule has 1 aliphatic heterocycles. The molecule has 0 saturated carbocycles. The largest absolute Gasteiger partial charge is 0.332 e. The number of nitrogens with one attached hydrogen (secondary N) is 1. The summed E-state index contributed by atoms with van der Waals surface area (Å²) in [7, 11) is 0. The van der Waals surface area contributed by atoms with E-state index in [9.17, 15) is 0 Å². The van der Waals surface area contributed by atoms with E-state index in [-0.39, 0.29) is 0 Å². The Bertz CT molecular complexity index is 279. The maximum absolute atomic E-state index is 2.32. The van der Waals surface area contributed by atoms with Crippen LogP contribution in [0.4, 0.5) is 0 Å². The second-order valence-electron chi connectivity index (χ2n) is 4.66. The highest BCUT2D eigenvalue weighted by Gasteiger charge is 2.28. The fraction of sp³-hybridized carbons (Fsp3) is 0.538. The average molecular weight is 190 g/mol. The monoisotopic (exact) mass is 190 g/mol. The molecule has 1 aromatic rings. The van der Waals surface area contributed by atoms with Crippen molar-refractivity contribution in [3.05, 3.63) is 35.9 Å². The summed E-state index contributed by atoms with van der Waals surface area (Å²) in [4.78, 5) is 1.76. The molecule has 1 N–H and O–H groups in total. The lowest BCUT2D eigenvalue weighted by molar-refractivity contribution is -0.909. The lowest BCUT2D eigenvalue weighted by Gasteiger charge is -2.17. The lowest BCUT2D eigenvalue weighted by atomic mass is 9.99. The van der Waals surface area contributed by atoms with Crippen molar-refractivity contribution in [2.24, 2.45) is 0 Å². The molecule has 2 rings (SSSR count). The smallest absolute Gasteiger partial charge is 0.0844 e. The molecule has 1 aromatic carbocycles. The first kappa shape index (κ1) is 9.72. The Kier molecular flexibility index (Phi) is 2.87. The molecule has 14 heavy (non-hydrogen) atoms. The lowest BCUT2D eigenvalue weighted by Crippen LogP contribution is -3.13. The van der Waals surface area contributed by atoms with Crippen LogP contribution in [0.3, 0.4) is 0 Å². The first-order chi connectivity index (χ1) is 6.77. The Hall–Kier alpha value is -0.820.